The Morgan fingerprint density at radius 1 is 1.31 bits per heavy atom. The topological polar surface area (TPSA) is 24.4 Å². The van der Waals surface area contributed by atoms with E-state index in [4.69, 9.17) is 0 Å². The number of allylic oxidation sites excluding steroid dienone is 2. The third kappa shape index (κ3) is 1.06. The van der Waals surface area contributed by atoms with Crippen LogP contribution in [-0.2, 0) is 0 Å². The van der Waals surface area contributed by atoms with Crippen LogP contribution in [0.1, 0.15) is 19.3 Å². The number of amidine groups is 1. The van der Waals surface area contributed by atoms with Crippen LogP contribution >= 0.6 is 12.6 Å². The minimum atomic E-state index is 0.356. The van der Waals surface area contributed by atoms with Crippen molar-refractivity contribution in [1.29, 1.82) is 0 Å². The molecule has 13 heavy (non-hydrogen) atoms. The first-order chi connectivity index (χ1) is 6.34. The summed E-state index contributed by atoms with van der Waals surface area (Å²) in [7, 11) is 0. The van der Waals surface area contributed by atoms with Gasteiger partial charge in [-0.15, -0.1) is 12.6 Å². The number of fused-ring (bicyclic) bond motifs is 3. The first kappa shape index (κ1) is 7.68. The van der Waals surface area contributed by atoms with E-state index in [0.717, 1.165) is 5.17 Å². The zero-order valence-corrected chi connectivity index (χ0v) is 8.22. The molecule has 0 spiro atoms. The minimum absolute atomic E-state index is 0.356. The lowest BCUT2D eigenvalue weighted by atomic mass is 9.91. The number of nitrogens with zero attached hydrogens (tertiary/aromatic N) is 1. The third-order valence-corrected chi connectivity index (χ3v) is 3.33. The van der Waals surface area contributed by atoms with Crippen LogP contribution in [-0.4, -0.2) is 17.3 Å². The highest BCUT2D eigenvalue weighted by Gasteiger charge is 2.36. The van der Waals surface area contributed by atoms with E-state index in [2.05, 4.69) is 35.1 Å². The number of thiol groups is 1. The van der Waals surface area contributed by atoms with Crippen molar-refractivity contribution in [3.63, 3.8) is 0 Å². The lowest BCUT2D eigenvalue weighted by molar-refractivity contribution is 0.634. The Morgan fingerprint density at radius 2 is 2.08 bits per heavy atom. The lowest BCUT2D eigenvalue weighted by Gasteiger charge is -2.22. The Morgan fingerprint density at radius 3 is 3.00 bits per heavy atom. The Labute approximate surface area is 83.2 Å². The molecule has 2 atom stereocenters. The smallest absolute Gasteiger partial charge is 0.154 e. The fraction of sp³-hybridized carbons (Fsp3) is 0.500. The summed E-state index contributed by atoms with van der Waals surface area (Å²) in [6, 6.07) is 0.782. The predicted molar refractivity (Wildman–Crippen MR) is 57.1 cm³/mol. The second-order valence-electron chi connectivity index (χ2n) is 3.86. The van der Waals surface area contributed by atoms with Crippen LogP contribution in [0.5, 0.6) is 0 Å². The monoisotopic (exact) mass is 192 g/mol. The highest BCUT2D eigenvalue weighted by atomic mass is 32.1. The van der Waals surface area contributed by atoms with Crippen LogP contribution in [0.4, 0.5) is 0 Å². The van der Waals surface area contributed by atoms with Gasteiger partial charge in [0.15, 0.2) is 5.17 Å². The van der Waals surface area contributed by atoms with Crippen molar-refractivity contribution < 1.29 is 0 Å². The Bertz CT molecular complexity index is 341. The predicted octanol–water partition coefficient (Wildman–Crippen LogP) is 1.66. The van der Waals surface area contributed by atoms with Crippen LogP contribution in [0.3, 0.4) is 0 Å². The van der Waals surface area contributed by atoms with Gasteiger partial charge in [-0.3, -0.25) is 4.99 Å². The molecule has 1 N–H and O–H groups in total. The van der Waals surface area contributed by atoms with Gasteiger partial charge in [0.25, 0.3) is 0 Å². The minimum Gasteiger partial charge on any atom is -0.356 e. The van der Waals surface area contributed by atoms with Crippen molar-refractivity contribution in [2.75, 3.05) is 0 Å². The molecule has 2 bridgehead atoms. The zero-order valence-electron chi connectivity index (χ0n) is 7.33. The third-order valence-electron chi connectivity index (χ3n) is 3.08. The number of hydrogen-bond donors (Lipinski definition) is 2. The van der Waals surface area contributed by atoms with Gasteiger partial charge in [-0.05, 0) is 30.4 Å². The summed E-state index contributed by atoms with van der Waals surface area (Å²) in [4.78, 5) is 4.51. The summed E-state index contributed by atoms with van der Waals surface area (Å²) >= 11 is 4.28. The normalized spacial score (nSPS) is 35.6. The fourth-order valence-electron chi connectivity index (χ4n) is 2.44. The molecule has 4 rings (SSSR count). The molecule has 68 valence electrons. The molecule has 0 amide bonds. The van der Waals surface area contributed by atoms with Gasteiger partial charge in [-0.25, -0.2) is 0 Å². The van der Waals surface area contributed by atoms with E-state index in [0.29, 0.717) is 12.1 Å². The summed E-state index contributed by atoms with van der Waals surface area (Å²) in [5.41, 5.74) is 2.97. The van der Waals surface area contributed by atoms with Gasteiger partial charge in [-0.2, -0.15) is 0 Å². The SMILES string of the molecule is SC1=NC2C3=CC=C(CCC3)C2N1. The highest BCUT2D eigenvalue weighted by Crippen LogP contribution is 2.35. The van der Waals surface area contributed by atoms with E-state index in [1.54, 1.807) is 0 Å². The van der Waals surface area contributed by atoms with Crippen LogP contribution in [0.15, 0.2) is 28.3 Å². The molecule has 3 aliphatic carbocycles. The number of hydrogen-bond acceptors (Lipinski definition) is 2. The number of rotatable bonds is 0. The van der Waals surface area contributed by atoms with Gasteiger partial charge in [-0.1, -0.05) is 12.2 Å². The second-order valence-corrected chi connectivity index (χ2v) is 4.28. The van der Waals surface area contributed by atoms with Crippen molar-refractivity contribution in [2.24, 2.45) is 4.99 Å². The Kier molecular flexibility index (Phi) is 1.56. The van der Waals surface area contributed by atoms with Gasteiger partial charge in [0, 0.05) is 0 Å². The van der Waals surface area contributed by atoms with Crippen LogP contribution in [0.2, 0.25) is 0 Å². The molecule has 1 fully saturated rings. The highest BCUT2D eigenvalue weighted by molar-refractivity contribution is 7.96. The molecule has 4 aliphatic rings. The Balaban J connectivity index is 2.05. The molecule has 0 saturated heterocycles. The van der Waals surface area contributed by atoms with Crippen molar-refractivity contribution >= 4 is 17.8 Å². The van der Waals surface area contributed by atoms with Crippen LogP contribution in [0, 0.1) is 0 Å². The van der Waals surface area contributed by atoms with E-state index < -0.39 is 0 Å². The van der Waals surface area contributed by atoms with Crippen molar-refractivity contribution in [3.8, 4) is 0 Å². The van der Waals surface area contributed by atoms with E-state index in [1.807, 2.05) is 0 Å². The molecular weight excluding hydrogens is 180 g/mol. The average Bonchev–Trinajstić information content (AvgIpc) is 2.35. The molecule has 0 aromatic rings. The summed E-state index contributed by atoms with van der Waals surface area (Å²) < 4.78 is 0. The first-order valence-corrected chi connectivity index (χ1v) is 5.22. The zero-order chi connectivity index (χ0) is 8.84. The van der Waals surface area contributed by atoms with Gasteiger partial charge in [0.05, 0.1) is 12.1 Å². The molecule has 1 saturated carbocycles. The molecule has 0 aromatic carbocycles. The van der Waals surface area contributed by atoms with Gasteiger partial charge in [0.2, 0.25) is 0 Å². The summed E-state index contributed by atoms with van der Waals surface area (Å²) in [5, 5.41) is 4.13. The molecule has 0 aromatic heterocycles. The summed E-state index contributed by atoms with van der Waals surface area (Å²) in [6.45, 7) is 0. The molecule has 0 radical (unpaired) electrons. The van der Waals surface area contributed by atoms with Gasteiger partial charge in [0.1, 0.15) is 0 Å². The maximum Gasteiger partial charge on any atom is 0.154 e. The number of nitrogens with one attached hydrogen (secondary N) is 1. The first-order valence-electron chi connectivity index (χ1n) is 4.77. The molecule has 1 heterocycles. The van der Waals surface area contributed by atoms with Crippen LogP contribution in [0.25, 0.3) is 0 Å². The largest absolute Gasteiger partial charge is 0.356 e. The van der Waals surface area contributed by atoms with Gasteiger partial charge < -0.3 is 5.32 Å². The molecule has 2 nitrogen and oxygen atoms in total. The quantitative estimate of drug-likeness (QED) is 0.560. The van der Waals surface area contributed by atoms with Crippen molar-refractivity contribution in [1.82, 2.24) is 5.32 Å². The summed E-state index contributed by atoms with van der Waals surface area (Å²) in [6.07, 6.45) is 8.21. The van der Waals surface area contributed by atoms with Crippen molar-refractivity contribution in [2.45, 2.75) is 31.3 Å². The summed E-state index contributed by atoms with van der Waals surface area (Å²) in [5.74, 6) is 0. The Hall–Kier alpha value is -0.700. The average molecular weight is 192 g/mol. The number of aliphatic imine (C=N–C) groups is 1. The van der Waals surface area contributed by atoms with E-state index >= 15 is 0 Å². The second kappa shape index (κ2) is 2.64. The van der Waals surface area contributed by atoms with E-state index in [9.17, 15) is 0 Å². The van der Waals surface area contributed by atoms with E-state index in [1.165, 1.54) is 30.4 Å². The van der Waals surface area contributed by atoms with E-state index in [-0.39, 0.29) is 0 Å². The maximum absolute atomic E-state index is 4.51. The maximum atomic E-state index is 4.51. The fourth-order valence-corrected chi connectivity index (χ4v) is 2.70. The van der Waals surface area contributed by atoms with Crippen LogP contribution < -0.4 is 5.32 Å². The standard InChI is InChI=1S/C10H12N2S/c13-10-11-8-6-2-1-3-7(5-4-6)9(8)12-10/h4-5,8-9H,1-3H2,(H2,11,12,13). The molecule has 2 unspecified atom stereocenters. The molecular formula is C10H12N2S. The molecule has 1 aliphatic heterocycles. The van der Waals surface area contributed by atoms with Gasteiger partial charge >= 0.3 is 0 Å². The van der Waals surface area contributed by atoms with Crippen molar-refractivity contribution in [3.05, 3.63) is 23.3 Å². The lowest BCUT2D eigenvalue weighted by Crippen LogP contribution is -2.36. The molecule has 3 heteroatoms.